The third-order valence-corrected chi connectivity index (χ3v) is 6.91. The second kappa shape index (κ2) is 8.80. The predicted molar refractivity (Wildman–Crippen MR) is 120 cm³/mol. The van der Waals surface area contributed by atoms with Gasteiger partial charge in [0.05, 0.1) is 5.56 Å². The lowest BCUT2D eigenvalue weighted by Gasteiger charge is -2.34. The topological polar surface area (TPSA) is 84.2 Å². The van der Waals surface area contributed by atoms with Gasteiger partial charge in [-0.1, -0.05) is 20.8 Å². The highest BCUT2D eigenvalue weighted by molar-refractivity contribution is 7.99. The molecule has 162 valence electrons. The number of hydrogen-bond donors (Lipinski definition) is 1. The van der Waals surface area contributed by atoms with Gasteiger partial charge in [0.1, 0.15) is 11.1 Å². The molecule has 1 amide bonds. The van der Waals surface area contributed by atoms with Crippen molar-refractivity contribution in [3.8, 4) is 17.6 Å². The number of pyridine rings is 1. The first-order valence-corrected chi connectivity index (χ1v) is 11.6. The molecule has 1 aromatic carbocycles. The van der Waals surface area contributed by atoms with Crippen LogP contribution in [-0.2, 0) is 17.6 Å². The number of anilines is 1. The van der Waals surface area contributed by atoms with Crippen LogP contribution in [0.2, 0.25) is 0 Å². The molecule has 1 aromatic heterocycles. The Kier molecular flexibility index (Phi) is 6.10. The van der Waals surface area contributed by atoms with Gasteiger partial charge >= 0.3 is 0 Å². The predicted octanol–water partition coefficient (Wildman–Crippen LogP) is 4.95. The van der Waals surface area contributed by atoms with E-state index in [0.29, 0.717) is 40.8 Å². The monoisotopic (exact) mass is 437 g/mol. The lowest BCUT2D eigenvalue weighted by molar-refractivity contribution is -0.115. The van der Waals surface area contributed by atoms with E-state index in [2.05, 4.69) is 32.2 Å². The first-order valence-electron chi connectivity index (χ1n) is 10.6. The Morgan fingerprint density at radius 3 is 2.87 bits per heavy atom. The van der Waals surface area contributed by atoms with Crippen LogP contribution < -0.4 is 14.8 Å². The molecule has 7 heteroatoms. The summed E-state index contributed by atoms with van der Waals surface area (Å²) in [6.07, 6.45) is 3.37. The second-order valence-electron chi connectivity index (χ2n) is 9.08. The molecule has 0 saturated carbocycles. The quantitative estimate of drug-likeness (QED) is 0.666. The normalized spacial score (nSPS) is 17.0. The fraction of sp³-hybridized carbons (Fsp3) is 0.458. The molecule has 1 unspecified atom stereocenters. The van der Waals surface area contributed by atoms with E-state index in [1.165, 1.54) is 17.3 Å². The number of rotatable bonds is 5. The van der Waals surface area contributed by atoms with E-state index in [9.17, 15) is 10.1 Å². The molecule has 0 fully saturated rings. The molecule has 4 rings (SSSR count). The van der Waals surface area contributed by atoms with Gasteiger partial charge < -0.3 is 14.8 Å². The van der Waals surface area contributed by atoms with E-state index < -0.39 is 0 Å². The van der Waals surface area contributed by atoms with Gasteiger partial charge in [0.25, 0.3) is 0 Å². The standard InChI is InChI=1S/C24H27N3O3S/c1-24(2,3)17-4-6-19-15(11-17)10-16(13-25)23(27-19)31-9-8-22(28)26-18-5-7-20-21(12-18)30-14-29-20/h5,7,10,12,17H,4,6,8-9,11,14H2,1-3H3,(H,26,28). The Labute approximate surface area is 187 Å². The van der Waals surface area contributed by atoms with Crippen molar-refractivity contribution in [1.29, 1.82) is 5.26 Å². The van der Waals surface area contributed by atoms with Gasteiger partial charge in [-0.05, 0) is 54.4 Å². The van der Waals surface area contributed by atoms with Crippen LogP contribution in [0.4, 0.5) is 5.69 Å². The summed E-state index contributed by atoms with van der Waals surface area (Å²) in [6, 6.07) is 9.64. The number of nitriles is 1. The highest BCUT2D eigenvalue weighted by atomic mass is 32.2. The van der Waals surface area contributed by atoms with Gasteiger partial charge in [0, 0.05) is 29.6 Å². The molecule has 31 heavy (non-hydrogen) atoms. The van der Waals surface area contributed by atoms with Crippen LogP contribution in [0.25, 0.3) is 0 Å². The van der Waals surface area contributed by atoms with Crippen molar-refractivity contribution < 1.29 is 14.3 Å². The highest BCUT2D eigenvalue weighted by Gasteiger charge is 2.30. The molecule has 0 bridgehead atoms. The van der Waals surface area contributed by atoms with Gasteiger partial charge in [-0.25, -0.2) is 4.98 Å². The number of hydrogen-bond acceptors (Lipinski definition) is 6. The molecule has 1 atom stereocenters. The number of nitrogens with one attached hydrogen (secondary N) is 1. The largest absolute Gasteiger partial charge is 0.454 e. The Bertz CT molecular complexity index is 1040. The lowest BCUT2D eigenvalue weighted by Crippen LogP contribution is -2.27. The lowest BCUT2D eigenvalue weighted by atomic mass is 9.71. The minimum Gasteiger partial charge on any atom is -0.454 e. The number of amides is 1. The van der Waals surface area contributed by atoms with E-state index in [4.69, 9.17) is 14.5 Å². The summed E-state index contributed by atoms with van der Waals surface area (Å²) in [7, 11) is 0. The fourth-order valence-corrected chi connectivity index (χ4v) is 4.93. The molecule has 0 saturated heterocycles. The van der Waals surface area contributed by atoms with Crippen molar-refractivity contribution in [2.45, 2.75) is 51.5 Å². The molecule has 1 N–H and O–H groups in total. The van der Waals surface area contributed by atoms with Gasteiger partial charge in [0.2, 0.25) is 12.7 Å². The minimum atomic E-state index is -0.0872. The summed E-state index contributed by atoms with van der Waals surface area (Å²) in [5.74, 6) is 2.40. The summed E-state index contributed by atoms with van der Waals surface area (Å²) < 4.78 is 10.6. The molecule has 0 radical (unpaired) electrons. The maximum absolute atomic E-state index is 12.3. The molecular formula is C24H27N3O3S. The maximum atomic E-state index is 12.3. The van der Waals surface area contributed by atoms with E-state index in [-0.39, 0.29) is 18.1 Å². The SMILES string of the molecule is CC(C)(C)C1CCc2nc(SCCC(=O)Nc3ccc4c(c3)OCO4)c(C#N)cc2C1. The smallest absolute Gasteiger partial charge is 0.231 e. The van der Waals surface area contributed by atoms with Crippen LogP contribution >= 0.6 is 11.8 Å². The third kappa shape index (κ3) is 4.96. The molecule has 2 aliphatic rings. The van der Waals surface area contributed by atoms with Crippen LogP contribution in [0.5, 0.6) is 11.5 Å². The van der Waals surface area contributed by atoms with E-state index in [1.54, 1.807) is 18.2 Å². The molecular weight excluding hydrogens is 410 g/mol. The molecule has 2 aromatic rings. The zero-order valence-corrected chi connectivity index (χ0v) is 19.0. The molecule has 2 heterocycles. The van der Waals surface area contributed by atoms with Gasteiger partial charge in [0.15, 0.2) is 11.5 Å². The van der Waals surface area contributed by atoms with Crippen molar-refractivity contribution in [3.05, 3.63) is 41.1 Å². The van der Waals surface area contributed by atoms with Crippen LogP contribution in [-0.4, -0.2) is 23.4 Å². The van der Waals surface area contributed by atoms with Gasteiger partial charge in [-0.3, -0.25) is 4.79 Å². The average molecular weight is 438 g/mol. The highest BCUT2D eigenvalue weighted by Crippen LogP contribution is 2.38. The average Bonchev–Trinajstić information content (AvgIpc) is 3.20. The number of benzene rings is 1. The number of aromatic nitrogens is 1. The summed E-state index contributed by atoms with van der Waals surface area (Å²) in [6.45, 7) is 7.04. The number of carbonyl (C=O) groups excluding carboxylic acids is 1. The molecule has 0 spiro atoms. The maximum Gasteiger partial charge on any atom is 0.231 e. The summed E-state index contributed by atoms with van der Waals surface area (Å²) in [4.78, 5) is 17.1. The van der Waals surface area contributed by atoms with Crippen molar-refractivity contribution in [2.24, 2.45) is 11.3 Å². The van der Waals surface area contributed by atoms with Crippen molar-refractivity contribution in [2.75, 3.05) is 17.9 Å². The Balaban J connectivity index is 1.35. The summed E-state index contributed by atoms with van der Waals surface area (Å²) in [5.41, 5.74) is 3.84. The third-order valence-electron chi connectivity index (χ3n) is 5.92. The number of fused-ring (bicyclic) bond motifs is 2. The number of ether oxygens (including phenoxy) is 2. The zero-order chi connectivity index (χ0) is 22.0. The van der Waals surface area contributed by atoms with Crippen molar-refractivity contribution >= 4 is 23.4 Å². The van der Waals surface area contributed by atoms with Crippen LogP contribution in [0.15, 0.2) is 29.3 Å². The number of carbonyl (C=O) groups is 1. The fourth-order valence-electron chi connectivity index (χ4n) is 4.01. The minimum absolute atomic E-state index is 0.0872. The molecule has 1 aliphatic carbocycles. The van der Waals surface area contributed by atoms with Crippen LogP contribution in [0.3, 0.4) is 0 Å². The van der Waals surface area contributed by atoms with Crippen LogP contribution in [0, 0.1) is 22.7 Å². The second-order valence-corrected chi connectivity index (χ2v) is 10.2. The Morgan fingerprint density at radius 2 is 2.10 bits per heavy atom. The summed E-state index contributed by atoms with van der Waals surface area (Å²) in [5, 5.41) is 13.2. The zero-order valence-electron chi connectivity index (χ0n) is 18.2. The first kappa shape index (κ1) is 21.5. The van der Waals surface area contributed by atoms with Crippen LogP contribution in [0.1, 0.15) is 50.4 Å². The molecule has 1 aliphatic heterocycles. The van der Waals surface area contributed by atoms with Crippen molar-refractivity contribution in [3.63, 3.8) is 0 Å². The number of nitrogens with zero attached hydrogens (tertiary/aromatic N) is 2. The number of thioether (sulfide) groups is 1. The van der Waals surface area contributed by atoms with E-state index >= 15 is 0 Å². The first-order chi connectivity index (χ1) is 14.8. The van der Waals surface area contributed by atoms with Crippen molar-refractivity contribution in [1.82, 2.24) is 4.98 Å². The van der Waals surface area contributed by atoms with E-state index in [0.717, 1.165) is 30.0 Å². The summed E-state index contributed by atoms with van der Waals surface area (Å²) >= 11 is 1.47. The van der Waals surface area contributed by atoms with Gasteiger partial charge in [-0.15, -0.1) is 11.8 Å². The molecule has 6 nitrogen and oxygen atoms in total. The Morgan fingerprint density at radius 1 is 1.29 bits per heavy atom. The number of aryl methyl sites for hydroxylation is 1. The van der Waals surface area contributed by atoms with Gasteiger partial charge in [-0.2, -0.15) is 5.26 Å². The van der Waals surface area contributed by atoms with E-state index in [1.807, 2.05) is 6.07 Å². The Hall–Kier alpha value is -2.72.